The lowest BCUT2D eigenvalue weighted by Gasteiger charge is -2.29. The van der Waals surface area contributed by atoms with Gasteiger partial charge in [-0.25, -0.2) is 18.1 Å². The van der Waals surface area contributed by atoms with Gasteiger partial charge in [-0.05, 0) is 86.8 Å². The van der Waals surface area contributed by atoms with E-state index in [9.17, 15) is 13.2 Å². The van der Waals surface area contributed by atoms with E-state index >= 15 is 0 Å². The molecule has 6 rings (SSSR count). The van der Waals surface area contributed by atoms with Crippen LogP contribution in [0, 0.1) is 5.92 Å². The Morgan fingerprint density at radius 1 is 1.00 bits per heavy atom. The van der Waals surface area contributed by atoms with E-state index in [1.165, 1.54) is 25.0 Å². The third-order valence-corrected chi connectivity index (χ3v) is 10.9. The van der Waals surface area contributed by atoms with Crippen LogP contribution in [0.4, 0.5) is 0 Å². The number of aromatic nitrogens is 1. The second-order valence-electron chi connectivity index (χ2n) is 12.6. The maximum Gasteiger partial charge on any atom is 0.264 e. The number of benzene rings is 3. The zero-order valence-electron chi connectivity index (χ0n) is 28.1. The number of sulfonamides is 1. The molecule has 0 radical (unpaired) electrons. The largest absolute Gasteiger partial charge is 0.496 e. The number of aryl methyl sites for hydroxylation is 1. The molecule has 9 nitrogen and oxygen atoms in total. The molecule has 2 heterocycles. The van der Waals surface area contributed by atoms with E-state index < -0.39 is 15.9 Å². The summed E-state index contributed by atoms with van der Waals surface area (Å²) in [6, 6.07) is 16.1. The Morgan fingerprint density at radius 2 is 1.76 bits per heavy atom. The Bertz CT molecular complexity index is 1820. The fourth-order valence-corrected chi connectivity index (χ4v) is 7.86. The number of carbonyl (C=O) groups is 1. The fraction of sp³-hybridized carbons (Fsp3) is 0.421. The van der Waals surface area contributed by atoms with E-state index in [1.54, 1.807) is 36.6 Å². The number of amides is 1. The summed E-state index contributed by atoms with van der Waals surface area (Å²) in [5.41, 5.74) is 7.03. The summed E-state index contributed by atoms with van der Waals surface area (Å²) >= 11 is 1.57. The summed E-state index contributed by atoms with van der Waals surface area (Å²) < 4.78 is 52.3. The van der Waals surface area contributed by atoms with Crippen molar-refractivity contribution in [2.75, 3.05) is 20.3 Å². The van der Waals surface area contributed by atoms with Crippen molar-refractivity contribution in [3.63, 3.8) is 0 Å². The van der Waals surface area contributed by atoms with Gasteiger partial charge in [-0.1, -0.05) is 37.6 Å². The molecule has 0 bridgehead atoms. The van der Waals surface area contributed by atoms with Crippen molar-refractivity contribution in [2.24, 2.45) is 5.92 Å². The number of nitrogens with one attached hydrogen (secondary N) is 1. The number of fused-ring (bicyclic) bond motifs is 1. The lowest BCUT2D eigenvalue weighted by atomic mass is 9.95. The van der Waals surface area contributed by atoms with Crippen molar-refractivity contribution >= 4 is 27.3 Å². The fourth-order valence-electron chi connectivity index (χ4n) is 6.27. The van der Waals surface area contributed by atoms with E-state index in [4.69, 9.17) is 18.9 Å². The summed E-state index contributed by atoms with van der Waals surface area (Å²) in [6.07, 6.45) is 7.67. The monoisotopic (exact) mass is 704 g/mol. The Kier molecular flexibility index (Phi) is 11.4. The first-order chi connectivity index (χ1) is 23.9. The van der Waals surface area contributed by atoms with Crippen LogP contribution in [0.3, 0.4) is 0 Å². The molecule has 1 atom stereocenters. The van der Waals surface area contributed by atoms with Crippen molar-refractivity contribution in [3.05, 3.63) is 82.2 Å². The van der Waals surface area contributed by atoms with Gasteiger partial charge in [0.15, 0.2) is 0 Å². The van der Waals surface area contributed by atoms with Crippen LogP contribution >= 0.6 is 11.3 Å². The molecule has 1 aliphatic heterocycles. The number of hydrogen-bond acceptors (Lipinski definition) is 9. The van der Waals surface area contributed by atoms with E-state index in [1.807, 2.05) is 29.1 Å². The van der Waals surface area contributed by atoms with Gasteiger partial charge in [0.05, 0.1) is 42.5 Å². The summed E-state index contributed by atoms with van der Waals surface area (Å²) in [7, 11) is -2.18. The van der Waals surface area contributed by atoms with Gasteiger partial charge in [0.2, 0.25) is 5.91 Å². The molecule has 1 N–H and O–H groups in total. The topological polar surface area (TPSA) is 113 Å². The minimum atomic E-state index is -3.90. The summed E-state index contributed by atoms with van der Waals surface area (Å²) in [4.78, 5) is 17.1. The van der Waals surface area contributed by atoms with E-state index in [-0.39, 0.29) is 17.4 Å². The highest BCUT2D eigenvalue weighted by Crippen LogP contribution is 2.44. The highest BCUT2D eigenvalue weighted by atomic mass is 32.2. The quantitative estimate of drug-likeness (QED) is 0.112. The Morgan fingerprint density at radius 3 is 2.45 bits per heavy atom. The molecule has 4 aromatic rings. The molecule has 2 aliphatic rings. The molecule has 1 unspecified atom stereocenters. The van der Waals surface area contributed by atoms with Crippen LogP contribution in [0.25, 0.3) is 11.3 Å². The number of ether oxygens (including phenoxy) is 4. The number of nitrogens with zero attached hydrogens (tertiary/aromatic N) is 1. The van der Waals surface area contributed by atoms with Crippen LogP contribution in [0.2, 0.25) is 0 Å². The molecule has 0 saturated heterocycles. The van der Waals surface area contributed by atoms with Gasteiger partial charge in [-0.2, -0.15) is 0 Å². The third-order valence-electron chi connectivity index (χ3n) is 8.94. The lowest BCUT2D eigenvalue weighted by Crippen LogP contribution is -2.32. The van der Waals surface area contributed by atoms with Gasteiger partial charge >= 0.3 is 0 Å². The van der Waals surface area contributed by atoms with E-state index in [0.717, 1.165) is 83.0 Å². The third kappa shape index (κ3) is 8.75. The maximum atomic E-state index is 12.6. The molecule has 1 amide bonds. The minimum Gasteiger partial charge on any atom is -0.496 e. The molecule has 1 aromatic heterocycles. The Balaban J connectivity index is 1.04. The highest BCUT2D eigenvalue weighted by molar-refractivity contribution is 7.90. The molecule has 0 spiro atoms. The van der Waals surface area contributed by atoms with Gasteiger partial charge < -0.3 is 18.9 Å². The first kappa shape index (κ1) is 34.8. The molecule has 1 fully saturated rings. The molecule has 1 aliphatic carbocycles. The SMILES string of the molecule is CCCc1c(OCCCOc2ccc(-c3cscn3)c(OC)c2CC2CC2)ccc2c1OC(CCC(=O)NS(=O)(=O)c1ccccc1)CC2. The van der Waals surface area contributed by atoms with Crippen LogP contribution < -0.4 is 23.7 Å². The standard InChI is InChI=1S/C38H44N2O7S2/c1-3-8-31-34(18-14-27-13-15-28(47-37(27)31)16-20-36(41)40-49(42,43)29-9-5-4-6-10-29)45-21-7-22-46-35-19-17-30(33-24-48-25-39-33)38(44-2)32(35)23-26-11-12-26/h4-6,9-10,14,17-19,24-26,28H,3,7-8,11-13,15-16,20-23H2,1-2H3,(H,40,41). The number of methoxy groups -OCH3 is 1. The predicted molar refractivity (Wildman–Crippen MR) is 190 cm³/mol. The Labute approximate surface area is 293 Å². The zero-order chi connectivity index (χ0) is 34.2. The molecular formula is C38H44N2O7S2. The zero-order valence-corrected chi connectivity index (χ0v) is 29.7. The number of hydrogen-bond donors (Lipinski definition) is 1. The molecular weight excluding hydrogens is 661 g/mol. The molecule has 260 valence electrons. The van der Waals surface area contributed by atoms with Crippen molar-refractivity contribution in [1.82, 2.24) is 9.71 Å². The molecule has 49 heavy (non-hydrogen) atoms. The first-order valence-corrected chi connectivity index (χ1v) is 19.5. The van der Waals surface area contributed by atoms with Gasteiger partial charge in [-0.3, -0.25) is 4.79 Å². The summed E-state index contributed by atoms with van der Waals surface area (Å²) in [6.45, 7) is 3.12. The molecule has 1 saturated carbocycles. The van der Waals surface area contributed by atoms with Gasteiger partial charge in [0.1, 0.15) is 23.0 Å². The van der Waals surface area contributed by atoms with Crippen LogP contribution in [-0.4, -0.2) is 45.7 Å². The van der Waals surface area contributed by atoms with E-state index in [2.05, 4.69) is 22.7 Å². The predicted octanol–water partition coefficient (Wildman–Crippen LogP) is 7.55. The Hall–Kier alpha value is -4.09. The summed E-state index contributed by atoms with van der Waals surface area (Å²) in [5.74, 6) is 3.47. The number of carbonyl (C=O) groups excluding carboxylic acids is 1. The van der Waals surface area contributed by atoms with Crippen LogP contribution in [0.15, 0.2) is 70.4 Å². The van der Waals surface area contributed by atoms with Crippen molar-refractivity contribution in [1.29, 1.82) is 0 Å². The first-order valence-electron chi connectivity index (χ1n) is 17.1. The molecule has 3 aromatic carbocycles. The minimum absolute atomic E-state index is 0.0488. The van der Waals surface area contributed by atoms with Crippen molar-refractivity contribution in [2.45, 2.75) is 82.1 Å². The lowest BCUT2D eigenvalue weighted by molar-refractivity contribution is -0.119. The summed E-state index contributed by atoms with van der Waals surface area (Å²) in [5, 5.41) is 2.04. The maximum absolute atomic E-state index is 12.6. The highest BCUT2D eigenvalue weighted by Gasteiger charge is 2.28. The van der Waals surface area contributed by atoms with Gasteiger partial charge in [0, 0.05) is 34.9 Å². The number of thiazole rings is 1. The second-order valence-corrected chi connectivity index (χ2v) is 15.0. The second kappa shape index (κ2) is 16.1. The normalized spacial score (nSPS) is 15.6. The van der Waals surface area contributed by atoms with Crippen LogP contribution in [0.5, 0.6) is 23.0 Å². The van der Waals surface area contributed by atoms with Crippen LogP contribution in [-0.2, 0) is 34.1 Å². The molecule has 11 heteroatoms. The van der Waals surface area contributed by atoms with Gasteiger partial charge in [-0.15, -0.1) is 11.3 Å². The number of rotatable bonds is 17. The van der Waals surface area contributed by atoms with Crippen LogP contribution in [0.1, 0.15) is 68.6 Å². The van der Waals surface area contributed by atoms with Crippen molar-refractivity contribution < 1.29 is 32.2 Å². The average Bonchev–Trinajstić information content (AvgIpc) is 3.76. The van der Waals surface area contributed by atoms with E-state index in [0.29, 0.717) is 32.0 Å². The van der Waals surface area contributed by atoms with Crippen molar-refractivity contribution in [3.8, 4) is 34.3 Å². The smallest absolute Gasteiger partial charge is 0.264 e. The van der Waals surface area contributed by atoms with Gasteiger partial charge in [0.25, 0.3) is 10.0 Å². The average molecular weight is 705 g/mol.